The highest BCUT2D eigenvalue weighted by atomic mass is 32.2. The summed E-state index contributed by atoms with van der Waals surface area (Å²) in [5.41, 5.74) is -29.2. The molecule has 29 heteroatoms. The van der Waals surface area contributed by atoms with Gasteiger partial charge in [-0.1, -0.05) is 101 Å². The van der Waals surface area contributed by atoms with E-state index in [1.165, 1.54) is 6.08 Å². The Kier molecular flexibility index (Phi) is 17.4. The van der Waals surface area contributed by atoms with Gasteiger partial charge in [-0.15, -0.1) is 0 Å². The SMILES string of the molecule is FC(F)(F)c1cc([B-](c2cc(C(F)(F)F)cc(C(F)(F)F)c2)(c2cc(C(F)(F)F)cc(C(F)(F)F)c2)c2cc(C(F)(F)F)cc(C(F)(F)F)c2)cc(C(F)(F)F)c1.N#CC(C#N)=CC[S+](=O)(Cc1ccccc1)c1ccccc1. The summed E-state index contributed by atoms with van der Waals surface area (Å²) < 4.78 is 354. The maximum absolute atomic E-state index is 14.2. The molecular formula is C50H27BF24N2OS. The lowest BCUT2D eigenvalue weighted by Gasteiger charge is -2.46. The molecule has 0 aromatic heterocycles. The first-order chi connectivity index (χ1) is 35.9. The van der Waals surface area contributed by atoms with E-state index in [0.29, 0.717) is 5.75 Å². The van der Waals surface area contributed by atoms with E-state index >= 15 is 0 Å². The van der Waals surface area contributed by atoms with Crippen molar-refractivity contribution in [3.63, 3.8) is 0 Å². The van der Waals surface area contributed by atoms with Crippen LogP contribution >= 0.6 is 0 Å². The van der Waals surface area contributed by atoms with Crippen molar-refractivity contribution >= 4 is 37.9 Å². The van der Waals surface area contributed by atoms with E-state index in [1.807, 2.05) is 72.8 Å². The number of nitrogens with zero attached hydrogens (tertiary/aromatic N) is 2. The van der Waals surface area contributed by atoms with Crippen LogP contribution in [0.5, 0.6) is 0 Å². The second-order valence-corrected chi connectivity index (χ2v) is 19.7. The highest BCUT2D eigenvalue weighted by Crippen LogP contribution is 2.41. The van der Waals surface area contributed by atoms with Gasteiger partial charge in [0.05, 0.1) is 44.5 Å². The molecule has 0 radical (unpaired) electrons. The van der Waals surface area contributed by atoms with Crippen molar-refractivity contribution in [3.05, 3.63) is 195 Å². The Hall–Kier alpha value is -7.43. The van der Waals surface area contributed by atoms with E-state index in [0.717, 1.165) is 10.5 Å². The summed E-state index contributed by atoms with van der Waals surface area (Å²) >= 11 is 0. The molecule has 0 fully saturated rings. The average molecular weight is 1170 g/mol. The maximum atomic E-state index is 14.2. The third-order valence-corrected chi connectivity index (χ3v) is 14.3. The van der Waals surface area contributed by atoms with Crippen molar-refractivity contribution in [2.24, 2.45) is 0 Å². The minimum absolute atomic E-state index is 0.00304. The van der Waals surface area contributed by atoms with E-state index in [4.69, 9.17) is 10.5 Å². The van der Waals surface area contributed by atoms with Gasteiger partial charge in [-0.3, -0.25) is 0 Å². The molecule has 6 aromatic rings. The fourth-order valence-corrected chi connectivity index (χ4v) is 10.5. The van der Waals surface area contributed by atoms with Crippen molar-refractivity contribution in [2.75, 3.05) is 5.75 Å². The Balaban J connectivity index is 0.000000433. The third kappa shape index (κ3) is 14.8. The summed E-state index contributed by atoms with van der Waals surface area (Å²) in [4.78, 5) is 0.741. The fraction of sp³-hybridized carbons (Fsp3) is 0.200. The number of hydrogen-bond donors (Lipinski definition) is 0. The molecule has 0 saturated carbocycles. The first-order valence-corrected chi connectivity index (χ1v) is 23.3. The highest BCUT2D eigenvalue weighted by molar-refractivity contribution is 8.02. The summed E-state index contributed by atoms with van der Waals surface area (Å²) in [6.07, 6.45) is -53.3. The molecule has 1 unspecified atom stereocenters. The first-order valence-electron chi connectivity index (χ1n) is 21.4. The molecule has 6 aromatic carbocycles. The average Bonchev–Trinajstić information content (AvgIpc) is 3.51. The van der Waals surface area contributed by atoms with E-state index in [2.05, 4.69) is 0 Å². The molecule has 0 aliphatic heterocycles. The van der Waals surface area contributed by atoms with Crippen LogP contribution in [0.15, 0.2) is 150 Å². The molecule has 6 rings (SSSR count). The molecular weight excluding hydrogens is 1140 g/mol. The van der Waals surface area contributed by atoms with Gasteiger partial charge in [-0.05, 0) is 42.5 Å². The van der Waals surface area contributed by atoms with Gasteiger partial charge in [-0.2, -0.15) is 138 Å². The van der Waals surface area contributed by atoms with Gasteiger partial charge in [0.25, 0.3) is 0 Å². The molecule has 0 aliphatic carbocycles. The van der Waals surface area contributed by atoms with Gasteiger partial charge in [-0.25, -0.2) is 0 Å². The molecule has 79 heavy (non-hydrogen) atoms. The van der Waals surface area contributed by atoms with Crippen LogP contribution in [0.1, 0.15) is 50.1 Å². The summed E-state index contributed by atoms with van der Waals surface area (Å²) in [5, 5.41) is 17.7. The van der Waals surface area contributed by atoms with Gasteiger partial charge < -0.3 is 0 Å². The second kappa shape index (κ2) is 22.0. The molecule has 3 nitrogen and oxygen atoms in total. The molecule has 420 valence electrons. The fourth-order valence-electron chi connectivity index (χ4n) is 8.16. The zero-order valence-corrected chi connectivity index (χ0v) is 39.4. The Morgan fingerprint density at radius 3 is 0.823 bits per heavy atom. The van der Waals surface area contributed by atoms with Gasteiger partial charge >= 0.3 is 49.4 Å². The van der Waals surface area contributed by atoms with Gasteiger partial charge in [0, 0.05) is 5.56 Å². The van der Waals surface area contributed by atoms with Crippen molar-refractivity contribution in [1.29, 1.82) is 10.5 Å². The Morgan fingerprint density at radius 2 is 0.608 bits per heavy atom. The number of alkyl halides is 24. The standard InChI is InChI=1S/C32H12BF24.C18H15N2OS/c34-25(35,36)13-1-14(26(37,38)39)6-21(5-13)33(22-7-15(27(40,41)42)2-16(8-22)28(43,44)45,23-9-17(29(46,47)48)3-18(10-23)30(49,50)51)24-11-19(31(52,53)54)4-20(12-24)32(55,56)57;19-13-17(14-20)11-12-22(21,18-9-5-2-6-10-18)15-16-7-3-1-4-8-16/h1-12H;1-11H,12,15H2/q-1;+1. The quantitative estimate of drug-likeness (QED) is 0.0627. The molecule has 0 N–H and O–H groups in total. The number of hydrogen-bond acceptors (Lipinski definition) is 3. The van der Waals surface area contributed by atoms with Crippen LogP contribution in [0, 0.1) is 22.7 Å². The van der Waals surface area contributed by atoms with Crippen LogP contribution in [-0.4, -0.2) is 11.9 Å². The summed E-state index contributed by atoms with van der Waals surface area (Å²) in [6.45, 7) is 0. The van der Waals surface area contributed by atoms with Crippen molar-refractivity contribution in [3.8, 4) is 12.1 Å². The van der Waals surface area contributed by atoms with E-state index in [9.17, 15) is 110 Å². The lowest BCUT2D eigenvalue weighted by molar-refractivity contribution is -0.144. The van der Waals surface area contributed by atoms with Crippen molar-refractivity contribution < 1.29 is 110 Å². The Labute approximate surface area is 430 Å². The molecule has 0 heterocycles. The number of nitriles is 2. The highest BCUT2D eigenvalue weighted by Gasteiger charge is 2.47. The topological polar surface area (TPSA) is 64.7 Å². The van der Waals surface area contributed by atoms with E-state index < -0.39 is 205 Å². The second-order valence-electron chi connectivity index (χ2n) is 17.0. The van der Waals surface area contributed by atoms with E-state index in [-0.39, 0.29) is 11.3 Å². The molecule has 0 spiro atoms. The molecule has 1 atom stereocenters. The van der Waals surface area contributed by atoms with Gasteiger partial charge in [0.1, 0.15) is 45.3 Å². The van der Waals surface area contributed by atoms with Crippen LogP contribution in [0.3, 0.4) is 0 Å². The number of rotatable bonds is 9. The largest absolute Gasteiger partial charge is 0.416 e. The van der Waals surface area contributed by atoms with Crippen molar-refractivity contribution in [1.82, 2.24) is 0 Å². The third-order valence-electron chi connectivity index (χ3n) is 11.7. The minimum Gasteiger partial charge on any atom is -0.194 e. The van der Waals surface area contributed by atoms with Crippen LogP contribution in [0.25, 0.3) is 0 Å². The summed E-state index contributed by atoms with van der Waals surface area (Å²) in [6, 6.07) is 13.6. The monoisotopic (exact) mass is 1170 g/mol. The van der Waals surface area contributed by atoms with Crippen LogP contribution in [-0.2, 0) is 69.3 Å². The number of halogens is 24. The number of benzene rings is 6. The Morgan fingerprint density at radius 1 is 0.380 bits per heavy atom. The molecule has 0 aliphatic rings. The van der Waals surface area contributed by atoms with Crippen LogP contribution in [0.2, 0.25) is 0 Å². The zero-order valence-electron chi connectivity index (χ0n) is 38.6. The first kappa shape index (κ1) is 62.4. The summed E-state index contributed by atoms with van der Waals surface area (Å²) in [5.74, 6) is 0.570. The summed E-state index contributed by atoms with van der Waals surface area (Å²) in [7, 11) is -2.41. The minimum atomic E-state index is -6.13. The lowest BCUT2D eigenvalue weighted by atomic mass is 9.12. The predicted molar refractivity (Wildman–Crippen MR) is 237 cm³/mol. The predicted octanol–water partition coefficient (Wildman–Crippen LogP) is 14.9. The molecule has 0 saturated heterocycles. The maximum Gasteiger partial charge on any atom is 0.416 e. The lowest BCUT2D eigenvalue weighted by Crippen LogP contribution is -2.75. The van der Waals surface area contributed by atoms with Gasteiger partial charge in [0.2, 0.25) is 0 Å². The van der Waals surface area contributed by atoms with Gasteiger partial charge in [0.15, 0.2) is 4.90 Å². The smallest absolute Gasteiger partial charge is 0.194 e. The van der Waals surface area contributed by atoms with Crippen LogP contribution in [0.4, 0.5) is 105 Å². The molecule has 0 bridgehead atoms. The molecule has 0 amide bonds. The van der Waals surface area contributed by atoms with Crippen LogP contribution < -0.4 is 21.9 Å². The van der Waals surface area contributed by atoms with Crippen molar-refractivity contribution in [2.45, 2.75) is 60.1 Å². The number of allylic oxidation sites excluding steroid dienone is 1. The normalized spacial score (nSPS) is 13.8. The zero-order chi connectivity index (χ0) is 59.8. The Bertz CT molecular complexity index is 2880. The van der Waals surface area contributed by atoms with E-state index in [1.54, 1.807) is 0 Å².